The Kier molecular flexibility index (Phi) is 5.44. The van der Waals surface area contributed by atoms with Crippen molar-refractivity contribution in [3.8, 4) is 0 Å². The van der Waals surface area contributed by atoms with Crippen LogP contribution >= 0.6 is 0 Å². The van der Waals surface area contributed by atoms with Crippen LogP contribution in [-0.4, -0.2) is 62.8 Å². The van der Waals surface area contributed by atoms with Crippen LogP contribution in [0.1, 0.15) is 38.5 Å². The van der Waals surface area contributed by atoms with Crippen LogP contribution in [0.3, 0.4) is 0 Å². The molecule has 2 aliphatic rings. The molecule has 2 saturated heterocycles. The second kappa shape index (κ2) is 6.65. The van der Waals surface area contributed by atoms with Crippen LogP contribution in [0.2, 0.25) is 0 Å². The summed E-state index contributed by atoms with van der Waals surface area (Å²) >= 11 is 0. The Morgan fingerprint density at radius 2 is 1.59 bits per heavy atom. The molecule has 130 valence electrons. The lowest BCUT2D eigenvalue weighted by atomic mass is 9.73. The number of rotatable bonds is 3. The molecule has 1 spiro atoms. The predicted molar refractivity (Wildman–Crippen MR) is 79.0 cm³/mol. The van der Waals surface area contributed by atoms with Crippen molar-refractivity contribution in [1.29, 1.82) is 0 Å². The van der Waals surface area contributed by atoms with Gasteiger partial charge in [-0.05, 0) is 57.7 Å². The zero-order valence-electron chi connectivity index (χ0n) is 13.0. The van der Waals surface area contributed by atoms with Gasteiger partial charge in [-0.2, -0.15) is 13.2 Å². The molecule has 2 aliphatic heterocycles. The summed E-state index contributed by atoms with van der Waals surface area (Å²) in [4.78, 5) is 2.29. The highest BCUT2D eigenvalue weighted by Crippen LogP contribution is 2.41. The molecule has 0 radical (unpaired) electrons. The van der Waals surface area contributed by atoms with Gasteiger partial charge >= 0.3 is 6.18 Å². The Morgan fingerprint density at radius 3 is 2.18 bits per heavy atom. The number of sulfonamides is 1. The summed E-state index contributed by atoms with van der Waals surface area (Å²) in [5.41, 5.74) is 0.181. The van der Waals surface area contributed by atoms with Crippen LogP contribution in [0, 0.1) is 5.41 Å². The van der Waals surface area contributed by atoms with Crippen molar-refractivity contribution >= 4 is 10.0 Å². The van der Waals surface area contributed by atoms with E-state index < -0.39 is 28.4 Å². The molecule has 22 heavy (non-hydrogen) atoms. The van der Waals surface area contributed by atoms with Gasteiger partial charge in [0.2, 0.25) is 10.0 Å². The number of alkyl halides is 3. The molecule has 0 aromatic rings. The third-order valence-electron chi connectivity index (χ3n) is 5.09. The number of hydrogen-bond donors (Lipinski definition) is 0. The van der Waals surface area contributed by atoms with E-state index in [0.717, 1.165) is 45.2 Å². The van der Waals surface area contributed by atoms with E-state index in [0.29, 0.717) is 13.1 Å². The van der Waals surface area contributed by atoms with Gasteiger partial charge in [0.05, 0.1) is 12.2 Å². The van der Waals surface area contributed by atoms with Crippen molar-refractivity contribution in [3.63, 3.8) is 0 Å². The maximum absolute atomic E-state index is 12.2. The molecule has 2 rings (SSSR count). The van der Waals surface area contributed by atoms with Gasteiger partial charge in [-0.25, -0.2) is 12.7 Å². The summed E-state index contributed by atoms with van der Waals surface area (Å²) in [6, 6.07) is 0. The van der Waals surface area contributed by atoms with Crippen LogP contribution in [0.5, 0.6) is 0 Å². The highest BCUT2D eigenvalue weighted by Gasteiger charge is 2.39. The SMILES string of the molecule is CN1CCCC2(CC1)CCN(S(=O)(=O)CCC(F)(F)F)CC2. The lowest BCUT2D eigenvalue weighted by Crippen LogP contribution is -2.44. The summed E-state index contributed by atoms with van der Waals surface area (Å²) in [7, 11) is -1.70. The minimum atomic E-state index is -4.42. The van der Waals surface area contributed by atoms with Gasteiger partial charge in [0.1, 0.15) is 0 Å². The van der Waals surface area contributed by atoms with E-state index in [1.165, 1.54) is 4.31 Å². The minimum absolute atomic E-state index is 0.181. The molecule has 4 nitrogen and oxygen atoms in total. The first kappa shape index (κ1) is 18.0. The normalized spacial score (nSPS) is 25.3. The Balaban J connectivity index is 1.91. The fourth-order valence-corrected chi connectivity index (χ4v) is 4.99. The van der Waals surface area contributed by atoms with Crippen LogP contribution < -0.4 is 0 Å². The Bertz CT molecular complexity index is 471. The fourth-order valence-electron chi connectivity index (χ4n) is 3.50. The average molecular weight is 342 g/mol. The first-order chi connectivity index (χ1) is 10.1. The summed E-state index contributed by atoms with van der Waals surface area (Å²) in [6.45, 7) is 2.81. The van der Waals surface area contributed by atoms with Crippen molar-refractivity contribution in [3.05, 3.63) is 0 Å². The smallest absolute Gasteiger partial charge is 0.306 e. The topological polar surface area (TPSA) is 40.6 Å². The Labute approximate surface area is 130 Å². The number of piperidine rings is 1. The molecule has 0 N–H and O–H groups in total. The molecule has 0 aromatic heterocycles. The molecule has 0 amide bonds. The van der Waals surface area contributed by atoms with E-state index in [1.54, 1.807) is 0 Å². The average Bonchev–Trinajstić information content (AvgIpc) is 2.60. The summed E-state index contributed by atoms with van der Waals surface area (Å²) in [6.07, 6.45) is -0.888. The highest BCUT2D eigenvalue weighted by atomic mass is 32.2. The van der Waals surface area contributed by atoms with Gasteiger partial charge in [0.25, 0.3) is 0 Å². The van der Waals surface area contributed by atoms with Gasteiger partial charge in [-0.15, -0.1) is 0 Å². The molecular formula is C14H25F3N2O2S. The van der Waals surface area contributed by atoms with Crippen LogP contribution in [-0.2, 0) is 10.0 Å². The Morgan fingerprint density at radius 1 is 1.00 bits per heavy atom. The maximum Gasteiger partial charge on any atom is 0.390 e. The van der Waals surface area contributed by atoms with Gasteiger partial charge in [0.15, 0.2) is 0 Å². The standard InChI is InChI=1S/C14H25F3N2O2S/c1-18-8-2-3-13(4-9-18)5-10-19(11-6-13)22(20,21)12-7-14(15,16)17/h2-12H2,1H3. The van der Waals surface area contributed by atoms with E-state index in [4.69, 9.17) is 0 Å². The quantitative estimate of drug-likeness (QED) is 0.791. The van der Waals surface area contributed by atoms with Crippen molar-refractivity contribution in [2.24, 2.45) is 5.41 Å². The molecule has 2 heterocycles. The van der Waals surface area contributed by atoms with Gasteiger partial charge in [0, 0.05) is 13.1 Å². The molecule has 0 aliphatic carbocycles. The van der Waals surface area contributed by atoms with Crippen molar-refractivity contribution < 1.29 is 21.6 Å². The molecule has 0 saturated carbocycles. The first-order valence-corrected chi connectivity index (χ1v) is 9.46. The summed E-state index contributed by atoms with van der Waals surface area (Å²) in [5, 5.41) is 0. The number of likely N-dealkylation sites (tertiary alicyclic amines) is 1. The van der Waals surface area contributed by atoms with Gasteiger partial charge < -0.3 is 4.90 Å². The van der Waals surface area contributed by atoms with Crippen molar-refractivity contribution in [1.82, 2.24) is 9.21 Å². The van der Waals surface area contributed by atoms with Crippen LogP contribution in [0.25, 0.3) is 0 Å². The summed E-state index contributed by atoms with van der Waals surface area (Å²) < 4.78 is 62.0. The van der Waals surface area contributed by atoms with Crippen molar-refractivity contribution in [2.45, 2.75) is 44.7 Å². The van der Waals surface area contributed by atoms with E-state index in [2.05, 4.69) is 11.9 Å². The second-order valence-electron chi connectivity index (χ2n) is 6.74. The lowest BCUT2D eigenvalue weighted by Gasteiger charge is -2.41. The maximum atomic E-state index is 12.2. The zero-order valence-corrected chi connectivity index (χ0v) is 13.8. The van der Waals surface area contributed by atoms with E-state index in [9.17, 15) is 21.6 Å². The second-order valence-corrected chi connectivity index (χ2v) is 8.83. The van der Waals surface area contributed by atoms with Gasteiger partial charge in [-0.1, -0.05) is 0 Å². The monoisotopic (exact) mass is 342 g/mol. The zero-order chi connectivity index (χ0) is 16.4. The van der Waals surface area contributed by atoms with Gasteiger partial charge in [-0.3, -0.25) is 0 Å². The third kappa shape index (κ3) is 4.83. The fraction of sp³-hybridized carbons (Fsp3) is 1.00. The third-order valence-corrected chi connectivity index (χ3v) is 6.96. The predicted octanol–water partition coefficient (Wildman–Crippen LogP) is 2.47. The molecule has 8 heteroatoms. The van der Waals surface area contributed by atoms with E-state index in [1.807, 2.05) is 0 Å². The number of nitrogens with zero attached hydrogens (tertiary/aromatic N) is 2. The van der Waals surface area contributed by atoms with Crippen LogP contribution in [0.15, 0.2) is 0 Å². The molecule has 0 atom stereocenters. The minimum Gasteiger partial charge on any atom is -0.306 e. The molecule has 0 bridgehead atoms. The lowest BCUT2D eigenvalue weighted by molar-refractivity contribution is -0.130. The highest BCUT2D eigenvalue weighted by molar-refractivity contribution is 7.89. The largest absolute Gasteiger partial charge is 0.390 e. The van der Waals surface area contributed by atoms with Crippen molar-refractivity contribution in [2.75, 3.05) is 39.0 Å². The molecule has 0 unspecified atom stereocenters. The molecular weight excluding hydrogens is 317 g/mol. The number of halogens is 3. The summed E-state index contributed by atoms with van der Waals surface area (Å²) in [5.74, 6) is -0.827. The van der Waals surface area contributed by atoms with Crippen LogP contribution in [0.4, 0.5) is 13.2 Å². The molecule has 0 aromatic carbocycles. The van der Waals surface area contributed by atoms with E-state index in [-0.39, 0.29) is 5.41 Å². The van der Waals surface area contributed by atoms with E-state index >= 15 is 0 Å². The molecule has 2 fully saturated rings. The number of hydrogen-bond acceptors (Lipinski definition) is 3. The Hall–Kier alpha value is -0.340. The first-order valence-electron chi connectivity index (χ1n) is 7.85.